The summed E-state index contributed by atoms with van der Waals surface area (Å²) in [5, 5.41) is 12.7. The van der Waals surface area contributed by atoms with E-state index in [1.54, 1.807) is 17.5 Å². The molecule has 21 heavy (non-hydrogen) atoms. The summed E-state index contributed by atoms with van der Waals surface area (Å²) in [5.74, 6) is 0.734. The second-order valence-corrected chi connectivity index (χ2v) is 5.81. The van der Waals surface area contributed by atoms with Gasteiger partial charge in [-0.15, -0.1) is 11.3 Å². The summed E-state index contributed by atoms with van der Waals surface area (Å²) < 4.78 is 6.81. The van der Waals surface area contributed by atoms with Crippen LogP contribution in [0.25, 0.3) is 10.2 Å². The van der Waals surface area contributed by atoms with Crippen molar-refractivity contribution in [2.45, 2.75) is 19.4 Å². The second-order valence-electron chi connectivity index (χ2n) is 4.86. The molecule has 0 radical (unpaired) electrons. The number of para-hydroxylation sites is 1. The molecule has 0 saturated heterocycles. The Kier molecular flexibility index (Phi) is 4.18. The molecule has 0 bridgehead atoms. The number of aromatic nitrogens is 1. The summed E-state index contributed by atoms with van der Waals surface area (Å²) in [7, 11) is 0. The first-order valence-corrected chi connectivity index (χ1v) is 7.90. The van der Waals surface area contributed by atoms with E-state index in [1.807, 2.05) is 41.8 Å². The van der Waals surface area contributed by atoms with Crippen molar-refractivity contribution < 1.29 is 9.84 Å². The third kappa shape index (κ3) is 2.91. The lowest BCUT2D eigenvalue weighted by Gasteiger charge is -2.16. The predicted molar refractivity (Wildman–Crippen MR) is 85.9 cm³/mol. The number of aliphatic hydroxyl groups excluding tert-OH is 1. The van der Waals surface area contributed by atoms with E-state index in [1.165, 1.54) is 0 Å². The summed E-state index contributed by atoms with van der Waals surface area (Å²) in [5.41, 5.74) is 2.53. The molecule has 3 rings (SSSR count). The zero-order chi connectivity index (χ0) is 14.7. The van der Waals surface area contributed by atoms with Gasteiger partial charge in [-0.3, -0.25) is 4.98 Å². The number of rotatable bonds is 5. The molecule has 0 saturated carbocycles. The van der Waals surface area contributed by atoms with Crippen molar-refractivity contribution in [2.75, 3.05) is 6.61 Å². The third-order valence-electron chi connectivity index (χ3n) is 3.31. The van der Waals surface area contributed by atoms with Crippen LogP contribution < -0.4 is 4.74 Å². The molecule has 2 heterocycles. The Morgan fingerprint density at radius 1 is 1.29 bits per heavy atom. The molecule has 0 aliphatic heterocycles. The average molecular weight is 299 g/mol. The van der Waals surface area contributed by atoms with Crippen LogP contribution in [0.3, 0.4) is 0 Å². The predicted octanol–water partition coefficient (Wildman–Crippen LogP) is 4.17. The molecule has 0 fully saturated rings. The zero-order valence-corrected chi connectivity index (χ0v) is 12.6. The number of hydrogen-bond donors (Lipinski definition) is 1. The van der Waals surface area contributed by atoms with Crippen molar-refractivity contribution in [3.8, 4) is 5.75 Å². The lowest BCUT2D eigenvalue weighted by Crippen LogP contribution is -2.05. The molecule has 0 aliphatic rings. The van der Waals surface area contributed by atoms with Crippen LogP contribution in [0.5, 0.6) is 5.75 Å². The average Bonchev–Trinajstić information content (AvgIpc) is 3.00. The highest BCUT2D eigenvalue weighted by molar-refractivity contribution is 7.17. The maximum atomic E-state index is 10.7. The lowest BCUT2D eigenvalue weighted by atomic mass is 10.0. The normalized spacial score (nSPS) is 12.5. The van der Waals surface area contributed by atoms with E-state index in [-0.39, 0.29) is 0 Å². The Morgan fingerprint density at radius 3 is 3.00 bits per heavy atom. The zero-order valence-electron chi connectivity index (χ0n) is 11.8. The van der Waals surface area contributed by atoms with Gasteiger partial charge in [0.25, 0.3) is 0 Å². The van der Waals surface area contributed by atoms with Crippen molar-refractivity contribution in [1.82, 2.24) is 4.98 Å². The minimum Gasteiger partial charge on any atom is -0.493 e. The molecule has 0 spiro atoms. The fraction of sp³-hybridized carbons (Fsp3) is 0.235. The van der Waals surface area contributed by atoms with Crippen molar-refractivity contribution in [1.29, 1.82) is 0 Å². The minimum absolute atomic E-state index is 0.645. The molecule has 0 amide bonds. The van der Waals surface area contributed by atoms with Crippen molar-refractivity contribution in [2.24, 2.45) is 0 Å². The number of nitrogens with zero attached hydrogens (tertiary/aromatic N) is 1. The quantitative estimate of drug-likeness (QED) is 0.769. The number of thiophene rings is 1. The van der Waals surface area contributed by atoms with E-state index >= 15 is 0 Å². The van der Waals surface area contributed by atoms with Gasteiger partial charge >= 0.3 is 0 Å². The van der Waals surface area contributed by atoms with Crippen LogP contribution in [0.15, 0.2) is 48.0 Å². The van der Waals surface area contributed by atoms with Gasteiger partial charge in [0.1, 0.15) is 11.9 Å². The molecule has 1 aromatic carbocycles. The summed E-state index contributed by atoms with van der Waals surface area (Å²) in [4.78, 5) is 4.39. The van der Waals surface area contributed by atoms with Gasteiger partial charge in [0.2, 0.25) is 0 Å². The van der Waals surface area contributed by atoms with Crippen LogP contribution in [-0.4, -0.2) is 16.7 Å². The van der Waals surface area contributed by atoms with Gasteiger partial charge in [0.15, 0.2) is 0 Å². The lowest BCUT2D eigenvalue weighted by molar-refractivity contribution is 0.210. The Hall–Kier alpha value is -1.91. The smallest absolute Gasteiger partial charge is 0.125 e. The van der Waals surface area contributed by atoms with Gasteiger partial charge in [-0.05, 0) is 30.0 Å². The first-order chi connectivity index (χ1) is 10.3. The van der Waals surface area contributed by atoms with Crippen molar-refractivity contribution in [3.05, 3.63) is 59.1 Å². The van der Waals surface area contributed by atoms with Gasteiger partial charge in [-0.25, -0.2) is 0 Å². The summed E-state index contributed by atoms with van der Waals surface area (Å²) in [6.07, 6.45) is 1.95. The van der Waals surface area contributed by atoms with Crippen LogP contribution in [-0.2, 0) is 0 Å². The number of hydrogen-bond acceptors (Lipinski definition) is 4. The molecule has 1 unspecified atom stereocenters. The Morgan fingerprint density at radius 2 is 2.14 bits per heavy atom. The number of aliphatic hydroxyl groups is 1. The standard InChI is InChI=1S/C17H17NO2S/c1-2-8-20-15-6-4-3-5-13(15)17(19)12-10-16-14(18-11-12)7-9-21-16/h3-7,9-11,17,19H,2,8H2,1H3. The molecule has 3 aromatic rings. The largest absolute Gasteiger partial charge is 0.493 e. The van der Waals surface area contributed by atoms with Crippen LogP contribution in [0, 0.1) is 0 Å². The Labute approximate surface area is 127 Å². The summed E-state index contributed by atoms with van der Waals surface area (Å²) in [6, 6.07) is 11.6. The fourth-order valence-electron chi connectivity index (χ4n) is 2.24. The van der Waals surface area contributed by atoms with Gasteiger partial charge in [0, 0.05) is 17.3 Å². The summed E-state index contributed by atoms with van der Waals surface area (Å²) in [6.45, 7) is 2.71. The summed E-state index contributed by atoms with van der Waals surface area (Å²) >= 11 is 1.63. The third-order valence-corrected chi connectivity index (χ3v) is 4.17. The van der Waals surface area contributed by atoms with Crippen LogP contribution >= 0.6 is 11.3 Å². The Bertz CT molecular complexity index is 738. The molecular weight excluding hydrogens is 282 g/mol. The van der Waals surface area contributed by atoms with Gasteiger partial charge < -0.3 is 9.84 Å². The van der Waals surface area contributed by atoms with Crippen molar-refractivity contribution in [3.63, 3.8) is 0 Å². The van der Waals surface area contributed by atoms with E-state index < -0.39 is 6.10 Å². The number of pyridine rings is 1. The van der Waals surface area contributed by atoms with Crippen molar-refractivity contribution >= 4 is 21.6 Å². The SMILES string of the molecule is CCCOc1ccccc1C(O)c1cnc2ccsc2c1. The van der Waals surface area contributed by atoms with Gasteiger partial charge in [-0.2, -0.15) is 0 Å². The molecule has 1 atom stereocenters. The van der Waals surface area contributed by atoms with E-state index in [0.717, 1.165) is 33.5 Å². The number of ether oxygens (including phenoxy) is 1. The fourth-order valence-corrected chi connectivity index (χ4v) is 3.03. The van der Waals surface area contributed by atoms with E-state index in [9.17, 15) is 5.11 Å². The maximum absolute atomic E-state index is 10.7. The number of benzene rings is 1. The molecule has 1 N–H and O–H groups in total. The van der Waals surface area contributed by atoms with E-state index in [0.29, 0.717) is 6.61 Å². The minimum atomic E-state index is -0.725. The highest BCUT2D eigenvalue weighted by atomic mass is 32.1. The first kappa shape index (κ1) is 14.0. The molecule has 3 nitrogen and oxygen atoms in total. The molecule has 108 valence electrons. The highest BCUT2D eigenvalue weighted by Gasteiger charge is 2.16. The molecule has 0 aliphatic carbocycles. The first-order valence-electron chi connectivity index (χ1n) is 7.02. The van der Waals surface area contributed by atoms with Crippen LogP contribution in [0.4, 0.5) is 0 Å². The topological polar surface area (TPSA) is 42.4 Å². The number of fused-ring (bicyclic) bond motifs is 1. The van der Waals surface area contributed by atoms with E-state index in [2.05, 4.69) is 11.9 Å². The van der Waals surface area contributed by atoms with Gasteiger partial charge in [-0.1, -0.05) is 25.1 Å². The van der Waals surface area contributed by atoms with Gasteiger partial charge in [0.05, 0.1) is 16.8 Å². The molecular formula is C17H17NO2S. The van der Waals surface area contributed by atoms with E-state index in [4.69, 9.17) is 4.74 Å². The van der Waals surface area contributed by atoms with Crippen LogP contribution in [0.1, 0.15) is 30.6 Å². The van der Waals surface area contributed by atoms with Crippen LogP contribution in [0.2, 0.25) is 0 Å². The highest BCUT2D eigenvalue weighted by Crippen LogP contribution is 2.31. The maximum Gasteiger partial charge on any atom is 0.125 e. The molecule has 4 heteroatoms. The monoisotopic (exact) mass is 299 g/mol. The molecule has 2 aromatic heterocycles. The second kappa shape index (κ2) is 6.24. The Balaban J connectivity index is 1.95.